The molecule has 1 amide bonds. The maximum atomic E-state index is 11.1. The number of para-hydroxylation sites is 1. The Labute approximate surface area is 115 Å². The lowest BCUT2D eigenvalue weighted by Gasteiger charge is -2.10. The molecular weight excluding hydrogens is 240 g/mol. The number of amides is 1. The van der Waals surface area contributed by atoms with Gasteiger partial charge in [0.1, 0.15) is 0 Å². The molecule has 0 radical (unpaired) electrons. The number of benzene rings is 1. The van der Waals surface area contributed by atoms with Crippen LogP contribution in [0.4, 0.5) is 5.69 Å². The third-order valence-corrected chi connectivity index (χ3v) is 2.63. The minimum Gasteiger partial charge on any atom is -0.381 e. The minimum atomic E-state index is -0.0413. The molecule has 0 saturated carbocycles. The number of carbonyl (C=O) groups excluding carboxylic acids is 1. The molecule has 0 bridgehead atoms. The van der Waals surface area contributed by atoms with E-state index in [1.54, 1.807) is 0 Å². The molecule has 0 saturated heterocycles. The molecule has 0 fully saturated rings. The van der Waals surface area contributed by atoms with Gasteiger partial charge in [-0.05, 0) is 31.0 Å². The van der Waals surface area contributed by atoms with Gasteiger partial charge in [0.05, 0.1) is 0 Å². The van der Waals surface area contributed by atoms with Crippen molar-refractivity contribution in [3.8, 4) is 0 Å². The highest BCUT2D eigenvalue weighted by molar-refractivity contribution is 5.89. The molecule has 0 aromatic heterocycles. The van der Waals surface area contributed by atoms with E-state index < -0.39 is 0 Å². The molecule has 1 rings (SSSR count). The average Bonchev–Trinajstić information content (AvgIpc) is 2.39. The molecule has 2 N–H and O–H groups in total. The Balaban J connectivity index is 2.26. The van der Waals surface area contributed by atoms with Crippen molar-refractivity contribution in [1.82, 2.24) is 5.32 Å². The second-order valence-electron chi connectivity index (χ2n) is 4.48. The third-order valence-electron chi connectivity index (χ3n) is 2.63. The first-order chi connectivity index (χ1) is 9.24. The van der Waals surface area contributed by atoms with Gasteiger partial charge in [-0.2, -0.15) is 0 Å². The van der Waals surface area contributed by atoms with Crippen LogP contribution in [0.5, 0.6) is 0 Å². The van der Waals surface area contributed by atoms with Crippen molar-refractivity contribution in [2.24, 2.45) is 0 Å². The maximum absolute atomic E-state index is 11.1. The van der Waals surface area contributed by atoms with Crippen molar-refractivity contribution >= 4 is 11.6 Å². The number of hydrogen-bond acceptors (Lipinski definition) is 3. The molecule has 0 aliphatic heterocycles. The van der Waals surface area contributed by atoms with Crippen LogP contribution >= 0.6 is 0 Å². The number of rotatable bonds is 9. The first-order valence-electron chi connectivity index (χ1n) is 6.88. The van der Waals surface area contributed by atoms with Gasteiger partial charge in [-0.25, -0.2) is 0 Å². The van der Waals surface area contributed by atoms with E-state index in [1.165, 1.54) is 6.92 Å². The van der Waals surface area contributed by atoms with Crippen LogP contribution in [0.1, 0.15) is 32.3 Å². The quantitative estimate of drug-likeness (QED) is 0.674. The van der Waals surface area contributed by atoms with Crippen LogP contribution < -0.4 is 10.6 Å². The summed E-state index contributed by atoms with van der Waals surface area (Å²) >= 11 is 0. The molecular formula is C15H24N2O2. The van der Waals surface area contributed by atoms with Crippen LogP contribution in [0.25, 0.3) is 0 Å². The Bertz CT molecular complexity index is 380. The summed E-state index contributed by atoms with van der Waals surface area (Å²) in [6.45, 7) is 6.94. The largest absolute Gasteiger partial charge is 0.381 e. The first-order valence-corrected chi connectivity index (χ1v) is 6.88. The predicted octanol–water partition coefficient (Wildman–Crippen LogP) is 2.55. The lowest BCUT2D eigenvalue weighted by molar-refractivity contribution is -0.114. The van der Waals surface area contributed by atoms with E-state index in [-0.39, 0.29) is 5.91 Å². The lowest BCUT2D eigenvalue weighted by Crippen LogP contribution is -2.18. The molecule has 1 aromatic rings. The molecule has 0 aliphatic carbocycles. The number of hydrogen-bond donors (Lipinski definition) is 2. The van der Waals surface area contributed by atoms with Gasteiger partial charge in [0.15, 0.2) is 0 Å². The Morgan fingerprint density at radius 1 is 1.26 bits per heavy atom. The van der Waals surface area contributed by atoms with Crippen LogP contribution in [0.15, 0.2) is 24.3 Å². The summed E-state index contributed by atoms with van der Waals surface area (Å²) in [6.07, 6.45) is 2.07. The fourth-order valence-electron chi connectivity index (χ4n) is 1.75. The van der Waals surface area contributed by atoms with Crippen LogP contribution in [-0.4, -0.2) is 25.7 Å². The van der Waals surface area contributed by atoms with Crippen molar-refractivity contribution in [2.75, 3.05) is 25.1 Å². The highest BCUT2D eigenvalue weighted by atomic mass is 16.5. The zero-order chi connectivity index (χ0) is 13.9. The van der Waals surface area contributed by atoms with Gasteiger partial charge in [-0.1, -0.05) is 25.1 Å². The van der Waals surface area contributed by atoms with Gasteiger partial charge in [0.25, 0.3) is 0 Å². The summed E-state index contributed by atoms with van der Waals surface area (Å²) in [5.74, 6) is -0.0413. The number of ether oxygens (including phenoxy) is 1. The van der Waals surface area contributed by atoms with E-state index >= 15 is 0 Å². The Kier molecular flexibility index (Phi) is 7.86. The van der Waals surface area contributed by atoms with E-state index in [1.807, 2.05) is 24.3 Å². The molecule has 106 valence electrons. The van der Waals surface area contributed by atoms with Gasteiger partial charge in [-0.3, -0.25) is 4.79 Å². The zero-order valence-corrected chi connectivity index (χ0v) is 11.9. The molecule has 0 atom stereocenters. The number of anilines is 1. The van der Waals surface area contributed by atoms with Crippen molar-refractivity contribution < 1.29 is 9.53 Å². The zero-order valence-electron chi connectivity index (χ0n) is 11.9. The molecule has 0 aliphatic rings. The minimum absolute atomic E-state index is 0.0413. The van der Waals surface area contributed by atoms with Crippen molar-refractivity contribution in [3.05, 3.63) is 29.8 Å². The monoisotopic (exact) mass is 264 g/mol. The van der Waals surface area contributed by atoms with Gasteiger partial charge in [0.2, 0.25) is 5.91 Å². The molecule has 4 nitrogen and oxygen atoms in total. The van der Waals surface area contributed by atoms with E-state index in [0.717, 1.165) is 50.4 Å². The van der Waals surface area contributed by atoms with Crippen LogP contribution in [-0.2, 0) is 16.1 Å². The SMILES string of the molecule is CCCOCCCNCc1ccccc1NC(C)=O. The van der Waals surface area contributed by atoms with Gasteiger partial charge < -0.3 is 15.4 Å². The third kappa shape index (κ3) is 6.94. The van der Waals surface area contributed by atoms with Crippen LogP contribution in [0, 0.1) is 0 Å². The second kappa shape index (κ2) is 9.53. The van der Waals surface area contributed by atoms with Crippen molar-refractivity contribution in [3.63, 3.8) is 0 Å². The van der Waals surface area contributed by atoms with Crippen LogP contribution in [0.3, 0.4) is 0 Å². The van der Waals surface area contributed by atoms with Gasteiger partial charge in [0, 0.05) is 32.4 Å². The smallest absolute Gasteiger partial charge is 0.221 e. The van der Waals surface area contributed by atoms with E-state index in [9.17, 15) is 4.79 Å². The van der Waals surface area contributed by atoms with Gasteiger partial charge in [-0.15, -0.1) is 0 Å². The summed E-state index contributed by atoms with van der Waals surface area (Å²) in [4.78, 5) is 11.1. The fourth-order valence-corrected chi connectivity index (χ4v) is 1.75. The molecule has 1 aromatic carbocycles. The van der Waals surface area contributed by atoms with Crippen molar-refractivity contribution in [1.29, 1.82) is 0 Å². The van der Waals surface area contributed by atoms with Gasteiger partial charge >= 0.3 is 0 Å². The summed E-state index contributed by atoms with van der Waals surface area (Å²) in [5, 5.41) is 6.20. The first kappa shape index (κ1) is 15.7. The van der Waals surface area contributed by atoms with E-state index in [2.05, 4.69) is 17.6 Å². The second-order valence-corrected chi connectivity index (χ2v) is 4.48. The average molecular weight is 264 g/mol. The van der Waals surface area contributed by atoms with E-state index in [4.69, 9.17) is 4.74 Å². The lowest BCUT2D eigenvalue weighted by atomic mass is 10.1. The normalized spacial score (nSPS) is 10.4. The van der Waals surface area contributed by atoms with Crippen LogP contribution in [0.2, 0.25) is 0 Å². The highest BCUT2D eigenvalue weighted by Gasteiger charge is 2.02. The standard InChI is InChI=1S/C15H24N2O2/c1-3-10-19-11-6-9-16-12-14-7-4-5-8-15(14)17-13(2)18/h4-5,7-8,16H,3,6,9-12H2,1-2H3,(H,17,18). The molecule has 0 spiro atoms. The highest BCUT2D eigenvalue weighted by Crippen LogP contribution is 2.14. The molecule has 19 heavy (non-hydrogen) atoms. The Hall–Kier alpha value is -1.39. The van der Waals surface area contributed by atoms with E-state index in [0.29, 0.717) is 0 Å². The molecule has 0 heterocycles. The summed E-state index contributed by atoms with van der Waals surface area (Å²) in [7, 11) is 0. The number of nitrogens with one attached hydrogen (secondary N) is 2. The topological polar surface area (TPSA) is 50.4 Å². The summed E-state index contributed by atoms with van der Waals surface area (Å²) in [6, 6.07) is 7.84. The Morgan fingerprint density at radius 3 is 2.79 bits per heavy atom. The predicted molar refractivity (Wildman–Crippen MR) is 78.2 cm³/mol. The maximum Gasteiger partial charge on any atom is 0.221 e. The molecule has 4 heteroatoms. The fraction of sp³-hybridized carbons (Fsp3) is 0.533. The van der Waals surface area contributed by atoms with Crippen molar-refractivity contribution in [2.45, 2.75) is 33.2 Å². The summed E-state index contributed by atoms with van der Waals surface area (Å²) in [5.41, 5.74) is 1.98. The Morgan fingerprint density at radius 2 is 2.05 bits per heavy atom. The summed E-state index contributed by atoms with van der Waals surface area (Å²) < 4.78 is 5.41. The molecule has 0 unspecified atom stereocenters. The number of carbonyl (C=O) groups is 1.